The third kappa shape index (κ3) is 1.93. The summed E-state index contributed by atoms with van der Waals surface area (Å²) < 4.78 is 0. The van der Waals surface area contributed by atoms with Crippen molar-refractivity contribution in [3.05, 3.63) is 0 Å². The predicted octanol–water partition coefficient (Wildman–Crippen LogP) is -0.817. The molecule has 0 radical (unpaired) electrons. The third-order valence-electron chi connectivity index (χ3n) is 2.73. The highest BCUT2D eigenvalue weighted by Gasteiger charge is 2.44. The maximum atomic E-state index is 11.5. The van der Waals surface area contributed by atoms with Gasteiger partial charge in [-0.25, -0.2) is 4.79 Å². The summed E-state index contributed by atoms with van der Waals surface area (Å²) in [6, 6.07) is 0. The third-order valence-corrected chi connectivity index (χ3v) is 2.73. The fraction of sp³-hybridized carbons (Fsp3) is 0.667. The summed E-state index contributed by atoms with van der Waals surface area (Å²) in [6.45, 7) is 2.95. The van der Waals surface area contributed by atoms with Crippen LogP contribution < -0.4 is 5.73 Å². The molecule has 1 saturated heterocycles. The molecule has 1 atom stereocenters. The van der Waals surface area contributed by atoms with Crippen LogP contribution in [-0.2, 0) is 14.4 Å². The zero-order chi connectivity index (χ0) is 11.8. The van der Waals surface area contributed by atoms with Crippen LogP contribution in [0.15, 0.2) is 0 Å². The molecule has 0 aromatic rings. The Morgan fingerprint density at radius 2 is 2.07 bits per heavy atom. The molecule has 2 amide bonds. The summed E-state index contributed by atoms with van der Waals surface area (Å²) in [4.78, 5) is 34.5. The molecule has 1 aliphatic rings. The van der Waals surface area contributed by atoms with Crippen LogP contribution >= 0.6 is 0 Å². The molecule has 0 saturated carbocycles. The number of carbonyl (C=O) groups is 3. The molecule has 1 aliphatic heterocycles. The van der Waals surface area contributed by atoms with Crippen LogP contribution in [0.2, 0.25) is 0 Å². The monoisotopic (exact) mass is 214 g/mol. The molecule has 0 bridgehead atoms. The van der Waals surface area contributed by atoms with Gasteiger partial charge in [-0.3, -0.25) is 9.59 Å². The van der Waals surface area contributed by atoms with Gasteiger partial charge < -0.3 is 15.7 Å². The van der Waals surface area contributed by atoms with E-state index in [0.717, 1.165) is 0 Å². The lowest BCUT2D eigenvalue weighted by Crippen LogP contribution is -2.51. The van der Waals surface area contributed by atoms with Crippen molar-refractivity contribution in [3.8, 4) is 0 Å². The number of likely N-dealkylation sites (tertiary alicyclic amines) is 1. The maximum absolute atomic E-state index is 11.5. The van der Waals surface area contributed by atoms with Gasteiger partial charge in [-0.15, -0.1) is 0 Å². The largest absolute Gasteiger partial charge is 0.480 e. The smallest absolute Gasteiger partial charge is 0.329 e. The van der Waals surface area contributed by atoms with E-state index in [-0.39, 0.29) is 18.9 Å². The molecule has 3 N–H and O–H groups in total. The minimum Gasteiger partial charge on any atom is -0.480 e. The van der Waals surface area contributed by atoms with Gasteiger partial charge in [-0.2, -0.15) is 0 Å². The normalized spacial score (nSPS) is 21.9. The number of hydrogen-bond acceptors (Lipinski definition) is 3. The van der Waals surface area contributed by atoms with Crippen LogP contribution in [0.3, 0.4) is 0 Å². The molecule has 0 aromatic carbocycles. The molecule has 6 heteroatoms. The van der Waals surface area contributed by atoms with E-state index in [1.54, 1.807) is 0 Å². The lowest BCUT2D eigenvalue weighted by Gasteiger charge is -2.31. The fourth-order valence-corrected chi connectivity index (χ4v) is 1.55. The Morgan fingerprint density at radius 1 is 1.53 bits per heavy atom. The van der Waals surface area contributed by atoms with E-state index in [9.17, 15) is 14.4 Å². The molecule has 1 heterocycles. The molecular weight excluding hydrogens is 200 g/mol. The number of hydrogen-bond donors (Lipinski definition) is 2. The lowest BCUT2D eigenvalue weighted by atomic mass is 10.0. The SMILES string of the molecule is CC(C)(C(=O)O)N1CC(C(N)=O)CC1=O. The number of carbonyl (C=O) groups excluding carboxylic acids is 2. The van der Waals surface area contributed by atoms with Gasteiger partial charge in [-0.1, -0.05) is 0 Å². The van der Waals surface area contributed by atoms with E-state index in [4.69, 9.17) is 10.8 Å². The Morgan fingerprint density at radius 3 is 2.40 bits per heavy atom. The van der Waals surface area contributed by atoms with Gasteiger partial charge in [0, 0.05) is 13.0 Å². The van der Waals surface area contributed by atoms with Crippen LogP contribution in [0.4, 0.5) is 0 Å². The molecule has 0 spiro atoms. The van der Waals surface area contributed by atoms with E-state index in [1.165, 1.54) is 18.7 Å². The zero-order valence-electron chi connectivity index (χ0n) is 8.69. The second-order valence-electron chi connectivity index (χ2n) is 4.17. The second kappa shape index (κ2) is 3.52. The summed E-state index contributed by atoms with van der Waals surface area (Å²) in [5.41, 5.74) is 3.79. The lowest BCUT2D eigenvalue weighted by molar-refractivity contribution is -0.154. The van der Waals surface area contributed by atoms with E-state index < -0.39 is 23.3 Å². The molecule has 6 nitrogen and oxygen atoms in total. The molecule has 1 fully saturated rings. The Labute approximate surface area is 87.0 Å². The van der Waals surface area contributed by atoms with Crippen molar-refractivity contribution in [2.24, 2.45) is 11.7 Å². The molecule has 15 heavy (non-hydrogen) atoms. The van der Waals surface area contributed by atoms with Crippen molar-refractivity contribution < 1.29 is 19.5 Å². The van der Waals surface area contributed by atoms with E-state index >= 15 is 0 Å². The first-order chi connectivity index (χ1) is 6.76. The first-order valence-electron chi connectivity index (χ1n) is 4.60. The predicted molar refractivity (Wildman–Crippen MR) is 50.7 cm³/mol. The number of nitrogens with two attached hydrogens (primary N) is 1. The van der Waals surface area contributed by atoms with Crippen LogP contribution in [0, 0.1) is 5.92 Å². The van der Waals surface area contributed by atoms with Gasteiger partial charge >= 0.3 is 5.97 Å². The van der Waals surface area contributed by atoms with Gasteiger partial charge in [0.15, 0.2) is 0 Å². The number of carboxylic acid groups (broad SMARTS) is 1. The van der Waals surface area contributed by atoms with Crippen LogP contribution in [-0.4, -0.2) is 39.9 Å². The van der Waals surface area contributed by atoms with Gasteiger partial charge in [0.05, 0.1) is 5.92 Å². The first-order valence-corrected chi connectivity index (χ1v) is 4.60. The van der Waals surface area contributed by atoms with Crippen LogP contribution in [0.25, 0.3) is 0 Å². The van der Waals surface area contributed by atoms with Gasteiger partial charge in [0.2, 0.25) is 11.8 Å². The zero-order valence-corrected chi connectivity index (χ0v) is 8.69. The van der Waals surface area contributed by atoms with Crippen molar-refractivity contribution in [3.63, 3.8) is 0 Å². The summed E-state index contributed by atoms with van der Waals surface area (Å²) in [5.74, 6) is -2.57. The van der Waals surface area contributed by atoms with Crippen molar-refractivity contribution in [2.45, 2.75) is 25.8 Å². The number of nitrogens with zero attached hydrogens (tertiary/aromatic N) is 1. The first kappa shape index (κ1) is 11.5. The highest BCUT2D eigenvalue weighted by molar-refractivity contribution is 5.92. The quantitative estimate of drug-likeness (QED) is 0.641. The molecular formula is C9H14N2O4. The Balaban J connectivity index is 2.86. The van der Waals surface area contributed by atoms with Gasteiger partial charge in [-0.05, 0) is 13.8 Å². The van der Waals surface area contributed by atoms with E-state index in [0.29, 0.717) is 0 Å². The van der Waals surface area contributed by atoms with Crippen molar-refractivity contribution in [2.75, 3.05) is 6.54 Å². The van der Waals surface area contributed by atoms with Gasteiger partial charge in [0.1, 0.15) is 5.54 Å². The summed E-state index contributed by atoms with van der Waals surface area (Å²) in [6.07, 6.45) is 0.00600. The van der Waals surface area contributed by atoms with Crippen molar-refractivity contribution >= 4 is 17.8 Å². The average Bonchev–Trinajstić information content (AvgIpc) is 2.47. The number of primary amides is 1. The van der Waals surface area contributed by atoms with E-state index in [2.05, 4.69) is 0 Å². The molecule has 0 aliphatic carbocycles. The molecule has 1 unspecified atom stereocenters. The standard InChI is InChI=1S/C9H14N2O4/c1-9(2,8(14)15)11-4-5(7(10)13)3-6(11)12/h5H,3-4H2,1-2H3,(H2,10,13)(H,14,15). The van der Waals surface area contributed by atoms with Crippen molar-refractivity contribution in [1.82, 2.24) is 4.90 Å². The van der Waals surface area contributed by atoms with Gasteiger partial charge in [0.25, 0.3) is 0 Å². The number of amides is 2. The topological polar surface area (TPSA) is 101 Å². The summed E-state index contributed by atoms with van der Waals surface area (Å²) in [7, 11) is 0. The van der Waals surface area contributed by atoms with Crippen LogP contribution in [0.5, 0.6) is 0 Å². The minimum absolute atomic E-state index is 0.00600. The Hall–Kier alpha value is -1.59. The molecule has 0 aromatic heterocycles. The molecule has 84 valence electrons. The average molecular weight is 214 g/mol. The maximum Gasteiger partial charge on any atom is 0.329 e. The summed E-state index contributed by atoms with van der Waals surface area (Å²) >= 11 is 0. The second-order valence-corrected chi connectivity index (χ2v) is 4.17. The summed E-state index contributed by atoms with van der Waals surface area (Å²) in [5, 5.41) is 8.93. The number of aliphatic carboxylic acids is 1. The van der Waals surface area contributed by atoms with Crippen LogP contribution in [0.1, 0.15) is 20.3 Å². The van der Waals surface area contributed by atoms with Crippen molar-refractivity contribution in [1.29, 1.82) is 0 Å². The Bertz CT molecular complexity index is 324. The van der Waals surface area contributed by atoms with E-state index in [1.807, 2.05) is 0 Å². The minimum atomic E-state index is -1.29. The number of rotatable bonds is 3. The number of carboxylic acids is 1. The fourth-order valence-electron chi connectivity index (χ4n) is 1.55. The molecule has 1 rings (SSSR count). The highest BCUT2D eigenvalue weighted by atomic mass is 16.4. The Kier molecular flexibility index (Phi) is 2.70. The highest BCUT2D eigenvalue weighted by Crippen LogP contribution is 2.26.